The standard InChI is InChI=1S/C33H38FN3O7S/c1-23(33(39)35-26-6-4-3-5-7-26)36(21-24-8-14-28(42-2)15-9-24)32(38)22-37(27-12-10-25(34)11-13-27)45(40,41)29-16-17-30-31(20-29)44-19-18-43-30/h8-17,20,23,26H,3-7,18-19,21-22H2,1-2H3,(H,35,39). The van der Waals surface area contributed by atoms with Gasteiger partial charge in [-0.3, -0.25) is 13.9 Å². The van der Waals surface area contributed by atoms with E-state index in [0.29, 0.717) is 18.1 Å². The molecule has 1 saturated carbocycles. The van der Waals surface area contributed by atoms with Crippen LogP contribution in [0.5, 0.6) is 17.2 Å². The number of nitrogens with zero attached hydrogens (tertiary/aromatic N) is 2. The Hall–Kier alpha value is -4.32. The second-order valence-corrected chi connectivity index (χ2v) is 13.0. The summed E-state index contributed by atoms with van der Waals surface area (Å²) in [4.78, 5) is 28.9. The van der Waals surface area contributed by atoms with E-state index in [2.05, 4.69) is 5.32 Å². The third-order valence-corrected chi connectivity index (χ3v) is 9.90. The number of carbonyl (C=O) groups is 2. The van der Waals surface area contributed by atoms with Gasteiger partial charge >= 0.3 is 0 Å². The summed E-state index contributed by atoms with van der Waals surface area (Å²) < 4.78 is 59.5. The van der Waals surface area contributed by atoms with Crippen molar-refractivity contribution in [1.82, 2.24) is 10.2 Å². The van der Waals surface area contributed by atoms with Crippen LogP contribution in [0.25, 0.3) is 0 Å². The van der Waals surface area contributed by atoms with Crippen LogP contribution in [-0.2, 0) is 26.2 Å². The van der Waals surface area contributed by atoms with Gasteiger partial charge in [-0.15, -0.1) is 0 Å². The predicted octanol–water partition coefficient (Wildman–Crippen LogP) is 4.67. The summed E-state index contributed by atoms with van der Waals surface area (Å²) in [6, 6.07) is 15.3. The zero-order chi connectivity index (χ0) is 32.0. The maximum atomic E-state index is 14.2. The minimum atomic E-state index is -4.37. The summed E-state index contributed by atoms with van der Waals surface area (Å²) in [5, 5.41) is 3.08. The van der Waals surface area contributed by atoms with E-state index in [1.54, 1.807) is 38.3 Å². The van der Waals surface area contributed by atoms with Crippen molar-refractivity contribution in [3.05, 3.63) is 78.1 Å². The number of methoxy groups -OCH3 is 1. The van der Waals surface area contributed by atoms with Gasteiger partial charge < -0.3 is 24.4 Å². The van der Waals surface area contributed by atoms with Crippen LogP contribution in [0.3, 0.4) is 0 Å². The lowest BCUT2D eigenvalue weighted by Crippen LogP contribution is -2.53. The van der Waals surface area contributed by atoms with Gasteiger partial charge in [0.15, 0.2) is 11.5 Å². The lowest BCUT2D eigenvalue weighted by atomic mass is 9.95. The molecule has 1 fully saturated rings. The molecule has 1 atom stereocenters. The largest absolute Gasteiger partial charge is 0.497 e. The van der Waals surface area contributed by atoms with Crippen molar-refractivity contribution in [1.29, 1.82) is 0 Å². The molecule has 0 saturated heterocycles. The Morgan fingerprint density at radius 2 is 1.62 bits per heavy atom. The summed E-state index contributed by atoms with van der Waals surface area (Å²) in [6.07, 6.45) is 4.92. The van der Waals surface area contributed by atoms with Crippen LogP contribution < -0.4 is 23.8 Å². The van der Waals surface area contributed by atoms with Crippen LogP contribution in [-0.4, -0.2) is 64.1 Å². The van der Waals surface area contributed by atoms with Gasteiger partial charge in [-0.2, -0.15) is 0 Å². The molecule has 1 unspecified atom stereocenters. The first-order valence-corrected chi connectivity index (χ1v) is 16.5. The number of fused-ring (bicyclic) bond motifs is 1. The summed E-state index contributed by atoms with van der Waals surface area (Å²) in [5.74, 6) is -0.173. The van der Waals surface area contributed by atoms with Crippen LogP contribution in [0.15, 0.2) is 71.6 Å². The molecule has 10 nitrogen and oxygen atoms in total. The molecule has 1 heterocycles. The maximum absolute atomic E-state index is 14.2. The Kier molecular flexibility index (Phi) is 10.1. The zero-order valence-corrected chi connectivity index (χ0v) is 26.2. The highest BCUT2D eigenvalue weighted by Crippen LogP contribution is 2.34. The zero-order valence-electron chi connectivity index (χ0n) is 25.4. The predicted molar refractivity (Wildman–Crippen MR) is 166 cm³/mol. The Morgan fingerprint density at radius 1 is 0.956 bits per heavy atom. The molecule has 2 amide bonds. The van der Waals surface area contributed by atoms with E-state index in [9.17, 15) is 22.4 Å². The summed E-state index contributed by atoms with van der Waals surface area (Å²) in [5.41, 5.74) is 0.813. The summed E-state index contributed by atoms with van der Waals surface area (Å²) in [7, 11) is -2.82. The van der Waals surface area contributed by atoms with E-state index < -0.39 is 34.3 Å². The fraction of sp³-hybridized carbons (Fsp3) is 0.394. The summed E-state index contributed by atoms with van der Waals surface area (Å²) in [6.45, 7) is 1.64. The molecule has 45 heavy (non-hydrogen) atoms. The molecule has 3 aromatic carbocycles. The van der Waals surface area contributed by atoms with Gasteiger partial charge in [0, 0.05) is 18.7 Å². The van der Waals surface area contributed by atoms with Crippen LogP contribution in [0.2, 0.25) is 0 Å². The van der Waals surface area contributed by atoms with Crippen molar-refractivity contribution < 1.29 is 36.6 Å². The second kappa shape index (κ2) is 14.2. The molecule has 1 N–H and O–H groups in total. The van der Waals surface area contributed by atoms with Crippen molar-refractivity contribution in [3.8, 4) is 17.2 Å². The summed E-state index contributed by atoms with van der Waals surface area (Å²) >= 11 is 0. The maximum Gasteiger partial charge on any atom is 0.264 e. The van der Waals surface area contributed by atoms with E-state index in [0.717, 1.165) is 54.1 Å². The number of amides is 2. The number of hydrogen-bond acceptors (Lipinski definition) is 7. The molecule has 3 aromatic rings. The van der Waals surface area contributed by atoms with Crippen molar-refractivity contribution in [2.24, 2.45) is 0 Å². The van der Waals surface area contributed by atoms with Crippen molar-refractivity contribution >= 4 is 27.5 Å². The van der Waals surface area contributed by atoms with Crippen LogP contribution in [0, 0.1) is 5.82 Å². The smallest absolute Gasteiger partial charge is 0.264 e. The van der Waals surface area contributed by atoms with Crippen molar-refractivity contribution in [3.63, 3.8) is 0 Å². The van der Waals surface area contributed by atoms with Gasteiger partial charge in [0.1, 0.15) is 37.4 Å². The topological polar surface area (TPSA) is 114 Å². The number of benzene rings is 3. The minimum Gasteiger partial charge on any atom is -0.497 e. The molecule has 12 heteroatoms. The Bertz CT molecular complexity index is 1590. The first-order valence-electron chi connectivity index (χ1n) is 15.1. The number of sulfonamides is 1. The Morgan fingerprint density at radius 3 is 2.29 bits per heavy atom. The Labute approximate surface area is 263 Å². The van der Waals surface area contributed by atoms with Gasteiger partial charge in [-0.1, -0.05) is 31.4 Å². The fourth-order valence-electron chi connectivity index (χ4n) is 5.53. The number of hydrogen-bond donors (Lipinski definition) is 1. The highest BCUT2D eigenvalue weighted by atomic mass is 32.2. The Balaban J connectivity index is 1.47. The number of ether oxygens (including phenoxy) is 3. The molecule has 240 valence electrons. The van der Waals surface area contributed by atoms with Gasteiger partial charge in [0.2, 0.25) is 11.8 Å². The van der Waals surface area contributed by atoms with Gasteiger partial charge in [-0.05, 0) is 73.9 Å². The van der Waals surface area contributed by atoms with E-state index in [1.807, 2.05) is 0 Å². The monoisotopic (exact) mass is 639 g/mol. The molecule has 0 radical (unpaired) electrons. The number of halogens is 1. The van der Waals surface area contributed by atoms with Crippen LogP contribution >= 0.6 is 0 Å². The van der Waals surface area contributed by atoms with E-state index in [-0.39, 0.29) is 41.4 Å². The van der Waals surface area contributed by atoms with E-state index in [4.69, 9.17) is 14.2 Å². The van der Waals surface area contributed by atoms with E-state index >= 15 is 0 Å². The first-order chi connectivity index (χ1) is 21.7. The molecule has 1 aliphatic carbocycles. The van der Waals surface area contributed by atoms with Gasteiger partial charge in [0.05, 0.1) is 17.7 Å². The number of anilines is 1. The average molecular weight is 640 g/mol. The van der Waals surface area contributed by atoms with Crippen molar-refractivity contribution in [2.45, 2.75) is 62.6 Å². The molecule has 5 rings (SSSR count). The molecule has 1 aliphatic heterocycles. The van der Waals surface area contributed by atoms with Gasteiger partial charge in [0.25, 0.3) is 10.0 Å². The minimum absolute atomic E-state index is 0.0259. The molecular formula is C33H38FN3O7S. The number of rotatable bonds is 11. The van der Waals surface area contributed by atoms with Crippen LogP contribution in [0.4, 0.5) is 10.1 Å². The van der Waals surface area contributed by atoms with E-state index in [1.165, 1.54) is 35.2 Å². The fourth-order valence-corrected chi connectivity index (χ4v) is 6.96. The molecule has 0 spiro atoms. The molecule has 2 aliphatic rings. The third kappa shape index (κ3) is 7.67. The average Bonchev–Trinajstić information content (AvgIpc) is 3.06. The lowest BCUT2D eigenvalue weighted by Gasteiger charge is -2.33. The number of nitrogens with one attached hydrogen (secondary N) is 1. The quantitative estimate of drug-likeness (QED) is 0.325. The van der Waals surface area contributed by atoms with Gasteiger partial charge in [-0.25, -0.2) is 12.8 Å². The molecule has 0 bridgehead atoms. The highest BCUT2D eigenvalue weighted by Gasteiger charge is 2.34. The number of carbonyl (C=O) groups excluding carboxylic acids is 2. The normalized spacial score (nSPS) is 15.5. The third-order valence-electron chi connectivity index (χ3n) is 8.13. The molecule has 0 aromatic heterocycles. The van der Waals surface area contributed by atoms with Crippen molar-refractivity contribution in [2.75, 3.05) is 31.2 Å². The first kappa shape index (κ1) is 32.1. The molecular weight excluding hydrogens is 601 g/mol. The SMILES string of the molecule is COc1ccc(CN(C(=O)CN(c2ccc(F)cc2)S(=O)(=O)c2ccc3c(c2)OCCO3)C(C)C(=O)NC2CCCCC2)cc1. The lowest BCUT2D eigenvalue weighted by molar-refractivity contribution is -0.139. The highest BCUT2D eigenvalue weighted by molar-refractivity contribution is 7.92. The van der Waals surface area contributed by atoms with Crippen LogP contribution in [0.1, 0.15) is 44.6 Å². The second-order valence-electron chi connectivity index (χ2n) is 11.2.